The molecule has 1 aromatic rings. The van der Waals surface area contributed by atoms with Crippen LogP contribution in [0.25, 0.3) is 0 Å². The van der Waals surface area contributed by atoms with Crippen LogP contribution in [0.4, 0.5) is 10.5 Å². The Labute approximate surface area is 131 Å². The number of amides is 1. The number of ether oxygens (including phenoxy) is 2. The molecule has 0 aliphatic carbocycles. The van der Waals surface area contributed by atoms with Crippen LogP contribution in [0.2, 0.25) is 0 Å². The molecule has 0 atom stereocenters. The van der Waals surface area contributed by atoms with Gasteiger partial charge >= 0.3 is 6.09 Å². The molecule has 22 heavy (non-hydrogen) atoms. The molecule has 1 rings (SSSR count). The third-order valence-corrected chi connectivity index (χ3v) is 3.11. The third-order valence-electron chi connectivity index (χ3n) is 3.11. The van der Waals surface area contributed by atoms with E-state index in [1.807, 2.05) is 13.8 Å². The monoisotopic (exact) mass is 311 g/mol. The molecule has 1 amide bonds. The van der Waals surface area contributed by atoms with Crippen LogP contribution < -0.4 is 10.1 Å². The fraction of sp³-hybridized carbons (Fsp3) is 0.562. The maximum Gasteiger partial charge on any atom is 0.412 e. The topological polar surface area (TPSA) is 88.0 Å². The molecular formula is C16H25NO5. The summed E-state index contributed by atoms with van der Waals surface area (Å²) in [6, 6.07) is 3.23. The highest BCUT2D eigenvalue weighted by Crippen LogP contribution is 2.39. The molecule has 6 nitrogen and oxygen atoms in total. The van der Waals surface area contributed by atoms with Crippen LogP contribution in [-0.4, -0.2) is 35.6 Å². The quantitative estimate of drug-likeness (QED) is 0.744. The lowest BCUT2D eigenvalue weighted by Crippen LogP contribution is -2.27. The minimum atomic E-state index is -0.677. The first kappa shape index (κ1) is 18.1. The van der Waals surface area contributed by atoms with Gasteiger partial charge in [-0.25, -0.2) is 4.79 Å². The zero-order valence-corrected chi connectivity index (χ0v) is 14.0. The standard InChI is InChI=1S/C16H25NO5/c1-15(2,3)22-14(20)17-11-7-10(16(4,5)9-18)8-12(21-6)13(11)19/h7-8,18-19H,9H2,1-6H3,(H,17,20). The number of nitrogens with one attached hydrogen (secondary N) is 1. The van der Waals surface area contributed by atoms with Gasteiger partial charge in [-0.15, -0.1) is 0 Å². The van der Waals surface area contributed by atoms with E-state index in [-0.39, 0.29) is 23.8 Å². The predicted octanol–water partition coefficient (Wildman–Crippen LogP) is 3.02. The van der Waals surface area contributed by atoms with Crippen LogP contribution in [0, 0.1) is 0 Å². The Balaban J connectivity index is 3.18. The van der Waals surface area contributed by atoms with Crippen molar-refractivity contribution in [3.63, 3.8) is 0 Å². The van der Waals surface area contributed by atoms with Gasteiger partial charge in [0.25, 0.3) is 0 Å². The van der Waals surface area contributed by atoms with Gasteiger partial charge in [-0.1, -0.05) is 13.8 Å². The summed E-state index contributed by atoms with van der Waals surface area (Å²) in [4.78, 5) is 11.9. The Morgan fingerprint density at radius 1 is 1.23 bits per heavy atom. The van der Waals surface area contributed by atoms with Gasteiger partial charge in [-0.05, 0) is 38.5 Å². The number of aliphatic hydroxyl groups excluding tert-OH is 1. The number of rotatable bonds is 4. The van der Waals surface area contributed by atoms with Crippen LogP contribution in [0.15, 0.2) is 12.1 Å². The van der Waals surface area contributed by atoms with E-state index in [2.05, 4.69) is 5.32 Å². The van der Waals surface area contributed by atoms with Crippen molar-refractivity contribution in [2.75, 3.05) is 19.0 Å². The minimum Gasteiger partial charge on any atom is -0.503 e. The van der Waals surface area contributed by atoms with Crippen molar-refractivity contribution in [1.29, 1.82) is 0 Å². The molecule has 0 heterocycles. The van der Waals surface area contributed by atoms with Crippen LogP contribution in [0.1, 0.15) is 40.2 Å². The SMILES string of the molecule is COc1cc(C(C)(C)CO)cc(NC(=O)OC(C)(C)C)c1O. The Hall–Kier alpha value is -1.95. The van der Waals surface area contributed by atoms with Crippen molar-refractivity contribution < 1.29 is 24.5 Å². The van der Waals surface area contributed by atoms with Gasteiger partial charge in [0.1, 0.15) is 5.60 Å². The Kier molecular flexibility index (Phi) is 5.30. The molecule has 0 bridgehead atoms. The van der Waals surface area contributed by atoms with Crippen LogP contribution in [0.5, 0.6) is 11.5 Å². The average Bonchev–Trinajstić information content (AvgIpc) is 2.38. The van der Waals surface area contributed by atoms with Crippen molar-refractivity contribution >= 4 is 11.8 Å². The number of phenols is 1. The zero-order valence-electron chi connectivity index (χ0n) is 14.0. The van der Waals surface area contributed by atoms with Gasteiger partial charge < -0.3 is 19.7 Å². The number of anilines is 1. The molecule has 0 aromatic heterocycles. The van der Waals surface area contributed by atoms with E-state index in [4.69, 9.17) is 9.47 Å². The smallest absolute Gasteiger partial charge is 0.412 e. The van der Waals surface area contributed by atoms with Crippen LogP contribution >= 0.6 is 0 Å². The van der Waals surface area contributed by atoms with E-state index in [0.717, 1.165) is 5.56 Å². The number of hydrogen-bond donors (Lipinski definition) is 3. The fourth-order valence-electron chi connectivity index (χ4n) is 1.75. The second-order valence-corrected chi connectivity index (χ2v) is 6.74. The normalized spacial score (nSPS) is 12.0. The molecule has 0 radical (unpaired) electrons. The summed E-state index contributed by atoms with van der Waals surface area (Å²) in [5.41, 5.74) is -0.308. The van der Waals surface area contributed by atoms with Crippen LogP contribution in [-0.2, 0) is 10.2 Å². The first-order chi connectivity index (χ1) is 10.00. The first-order valence-electron chi connectivity index (χ1n) is 7.02. The molecule has 124 valence electrons. The van der Waals surface area contributed by atoms with Crippen molar-refractivity contribution in [1.82, 2.24) is 0 Å². The number of aromatic hydroxyl groups is 1. The van der Waals surface area contributed by atoms with E-state index >= 15 is 0 Å². The highest BCUT2D eigenvalue weighted by molar-refractivity contribution is 5.88. The minimum absolute atomic E-state index is 0.0905. The van der Waals surface area contributed by atoms with Gasteiger partial charge in [0.15, 0.2) is 11.5 Å². The predicted molar refractivity (Wildman–Crippen MR) is 84.6 cm³/mol. The number of carbonyl (C=O) groups is 1. The molecule has 0 saturated heterocycles. The molecule has 0 aliphatic heterocycles. The maximum atomic E-state index is 11.9. The summed E-state index contributed by atoms with van der Waals surface area (Å²) in [6.07, 6.45) is -0.677. The molecule has 1 aromatic carbocycles. The van der Waals surface area contributed by atoms with Crippen molar-refractivity contribution in [3.05, 3.63) is 17.7 Å². The number of hydrogen-bond acceptors (Lipinski definition) is 5. The highest BCUT2D eigenvalue weighted by Gasteiger charge is 2.24. The number of aliphatic hydroxyl groups is 1. The summed E-state index contributed by atoms with van der Waals surface area (Å²) < 4.78 is 10.3. The van der Waals surface area contributed by atoms with Gasteiger partial charge in [0.2, 0.25) is 0 Å². The average molecular weight is 311 g/mol. The molecule has 3 N–H and O–H groups in total. The maximum absolute atomic E-state index is 11.9. The lowest BCUT2D eigenvalue weighted by Gasteiger charge is -2.25. The molecule has 0 spiro atoms. The van der Waals surface area contributed by atoms with E-state index in [9.17, 15) is 15.0 Å². The van der Waals surface area contributed by atoms with Gasteiger partial charge in [0, 0.05) is 5.41 Å². The summed E-state index contributed by atoms with van der Waals surface area (Å²) in [5, 5.41) is 22.1. The second kappa shape index (κ2) is 6.44. The number of carbonyl (C=O) groups excluding carboxylic acids is 1. The van der Waals surface area contributed by atoms with Gasteiger partial charge in [-0.3, -0.25) is 5.32 Å². The van der Waals surface area contributed by atoms with E-state index < -0.39 is 17.1 Å². The summed E-state index contributed by atoms with van der Waals surface area (Å²) in [7, 11) is 1.42. The largest absolute Gasteiger partial charge is 0.503 e. The van der Waals surface area contributed by atoms with E-state index in [0.29, 0.717) is 0 Å². The second-order valence-electron chi connectivity index (χ2n) is 6.74. The lowest BCUT2D eigenvalue weighted by atomic mass is 9.85. The van der Waals surface area contributed by atoms with Crippen molar-refractivity contribution in [2.24, 2.45) is 0 Å². The van der Waals surface area contributed by atoms with Crippen molar-refractivity contribution in [3.8, 4) is 11.5 Å². The molecule has 0 fully saturated rings. The van der Waals surface area contributed by atoms with Gasteiger partial charge in [0.05, 0.1) is 19.4 Å². The Morgan fingerprint density at radius 2 is 1.82 bits per heavy atom. The first-order valence-corrected chi connectivity index (χ1v) is 7.02. The zero-order chi connectivity index (χ0) is 17.1. The van der Waals surface area contributed by atoms with Crippen LogP contribution in [0.3, 0.4) is 0 Å². The lowest BCUT2D eigenvalue weighted by molar-refractivity contribution is 0.0635. The fourth-order valence-corrected chi connectivity index (χ4v) is 1.75. The third kappa shape index (κ3) is 4.53. The highest BCUT2D eigenvalue weighted by atomic mass is 16.6. The Bertz CT molecular complexity index is 546. The van der Waals surface area contributed by atoms with E-state index in [1.54, 1.807) is 32.9 Å². The summed E-state index contributed by atoms with van der Waals surface area (Å²) in [5.74, 6) is 0.0240. The number of phenolic OH excluding ortho intramolecular Hbond substituents is 1. The molecule has 6 heteroatoms. The van der Waals surface area contributed by atoms with Gasteiger partial charge in [-0.2, -0.15) is 0 Å². The molecule has 0 saturated carbocycles. The van der Waals surface area contributed by atoms with E-state index in [1.165, 1.54) is 7.11 Å². The molecular weight excluding hydrogens is 286 g/mol. The number of benzene rings is 1. The molecule has 0 unspecified atom stereocenters. The molecule has 0 aliphatic rings. The Morgan fingerprint density at radius 3 is 2.27 bits per heavy atom. The van der Waals surface area contributed by atoms with Crippen molar-refractivity contribution in [2.45, 2.75) is 45.6 Å². The summed E-state index contributed by atoms with van der Waals surface area (Å²) >= 11 is 0. The number of methoxy groups -OCH3 is 1. The summed E-state index contributed by atoms with van der Waals surface area (Å²) in [6.45, 7) is 8.84.